The van der Waals surface area contributed by atoms with Crippen LogP contribution in [0.4, 0.5) is 0 Å². The summed E-state index contributed by atoms with van der Waals surface area (Å²) in [5, 5.41) is -0.653. The molecule has 2 nitrogen and oxygen atoms in total. The number of carbonyl (C=O) groups is 2. The van der Waals surface area contributed by atoms with Crippen LogP contribution >= 0.6 is 25.3 Å². The minimum Gasteiger partial charge on any atom is -0.282 e. The Morgan fingerprint density at radius 2 is 1.53 bits per heavy atom. The third kappa shape index (κ3) is 3.08. The molecule has 0 aromatic heterocycles. The van der Waals surface area contributed by atoms with Crippen molar-refractivity contribution >= 4 is 35.5 Å². The predicted octanol–water partition coefficient (Wildman–Crippen LogP) is 3.80. The van der Waals surface area contributed by atoms with Crippen LogP contribution in [0.1, 0.15) is 26.3 Å². The molecule has 0 N–H and O–H groups in total. The topological polar surface area (TPSA) is 34.1 Å². The maximum Gasteiger partial charge on any atom is 0.216 e. The second-order valence-corrected chi connectivity index (χ2v) is 5.05. The Bertz CT molecular complexity index is 646. The number of carbonyl (C=O) groups excluding carboxylic acids is 2. The van der Waals surface area contributed by atoms with E-state index in [9.17, 15) is 9.59 Å². The Morgan fingerprint density at radius 3 is 2.05 bits per heavy atom. The number of benzene rings is 2. The van der Waals surface area contributed by atoms with Crippen LogP contribution < -0.4 is 0 Å². The Labute approximate surface area is 122 Å². The van der Waals surface area contributed by atoms with Gasteiger partial charge in [0.1, 0.15) is 0 Å². The molecule has 96 valence electrons. The summed E-state index contributed by atoms with van der Waals surface area (Å²) in [7, 11) is 0. The van der Waals surface area contributed by atoms with E-state index >= 15 is 0 Å². The monoisotopic (exact) mass is 288 g/mol. The van der Waals surface area contributed by atoms with Gasteiger partial charge < -0.3 is 0 Å². The zero-order valence-electron chi connectivity index (χ0n) is 10.3. The Balaban J connectivity index is 2.64. The van der Waals surface area contributed by atoms with Crippen molar-refractivity contribution in [3.8, 4) is 11.1 Å². The number of hydrogen-bond donors (Lipinski definition) is 2. The van der Waals surface area contributed by atoms with E-state index in [1.54, 1.807) is 18.2 Å². The van der Waals surface area contributed by atoms with Crippen LogP contribution in [0, 0.1) is 6.92 Å². The molecule has 0 saturated heterocycles. The van der Waals surface area contributed by atoms with Gasteiger partial charge in [0, 0.05) is 11.1 Å². The highest BCUT2D eigenvalue weighted by molar-refractivity contribution is 7.97. The van der Waals surface area contributed by atoms with E-state index in [0.717, 1.165) is 11.1 Å². The second-order valence-electron chi connectivity index (χ2n) is 4.24. The SMILES string of the molecule is Cc1ccc(-c2cc(C(=O)S)ccc2C(=O)S)cc1. The Hall–Kier alpha value is -1.52. The summed E-state index contributed by atoms with van der Waals surface area (Å²) < 4.78 is 0. The first-order chi connectivity index (χ1) is 8.99. The molecule has 0 spiro atoms. The van der Waals surface area contributed by atoms with Crippen LogP contribution in [0.15, 0.2) is 42.5 Å². The van der Waals surface area contributed by atoms with Gasteiger partial charge in [0.2, 0.25) is 10.2 Å². The Kier molecular flexibility index (Phi) is 4.12. The first kappa shape index (κ1) is 13.9. The lowest BCUT2D eigenvalue weighted by Gasteiger charge is -2.09. The summed E-state index contributed by atoms with van der Waals surface area (Å²) in [5.74, 6) is 0. The van der Waals surface area contributed by atoms with Crippen molar-refractivity contribution in [2.75, 3.05) is 0 Å². The van der Waals surface area contributed by atoms with Crippen molar-refractivity contribution in [3.63, 3.8) is 0 Å². The highest BCUT2D eigenvalue weighted by Crippen LogP contribution is 2.27. The lowest BCUT2D eigenvalue weighted by atomic mass is 9.97. The molecule has 19 heavy (non-hydrogen) atoms. The van der Waals surface area contributed by atoms with Gasteiger partial charge in [-0.2, -0.15) is 0 Å². The van der Waals surface area contributed by atoms with E-state index in [1.807, 2.05) is 31.2 Å². The van der Waals surface area contributed by atoms with Crippen molar-refractivity contribution in [1.29, 1.82) is 0 Å². The van der Waals surface area contributed by atoms with Crippen molar-refractivity contribution in [2.45, 2.75) is 6.92 Å². The third-order valence-corrected chi connectivity index (χ3v) is 3.36. The molecule has 2 aromatic carbocycles. The summed E-state index contributed by atoms with van der Waals surface area (Å²) in [5.41, 5.74) is 3.63. The quantitative estimate of drug-likeness (QED) is 0.842. The molecule has 0 bridgehead atoms. The summed E-state index contributed by atoms with van der Waals surface area (Å²) in [6.07, 6.45) is 0. The molecular weight excluding hydrogens is 276 g/mol. The van der Waals surface area contributed by atoms with Crippen LogP contribution in [0.2, 0.25) is 0 Å². The smallest absolute Gasteiger partial charge is 0.216 e. The summed E-state index contributed by atoms with van der Waals surface area (Å²) in [4.78, 5) is 22.9. The molecule has 0 unspecified atom stereocenters. The van der Waals surface area contributed by atoms with Gasteiger partial charge in [-0.3, -0.25) is 9.59 Å². The van der Waals surface area contributed by atoms with E-state index in [0.29, 0.717) is 16.7 Å². The molecule has 0 aliphatic heterocycles. The fourth-order valence-electron chi connectivity index (χ4n) is 1.84. The standard InChI is InChI=1S/C15H12O2S2/c1-9-2-4-10(5-3-9)13-8-11(14(16)18)6-7-12(13)15(17)19/h2-8H,1H3,(H,16,18)(H,17,19). The molecule has 2 rings (SSSR count). The van der Waals surface area contributed by atoms with Gasteiger partial charge in [-0.1, -0.05) is 29.8 Å². The molecule has 0 fully saturated rings. The van der Waals surface area contributed by atoms with E-state index in [4.69, 9.17) is 0 Å². The van der Waals surface area contributed by atoms with Gasteiger partial charge in [-0.25, -0.2) is 0 Å². The van der Waals surface area contributed by atoms with E-state index in [2.05, 4.69) is 25.3 Å². The fourth-order valence-corrected chi connectivity index (χ4v) is 2.17. The van der Waals surface area contributed by atoms with Crippen LogP contribution in [-0.4, -0.2) is 10.2 Å². The third-order valence-electron chi connectivity index (χ3n) is 2.86. The van der Waals surface area contributed by atoms with Gasteiger partial charge >= 0.3 is 0 Å². The van der Waals surface area contributed by atoms with Crippen molar-refractivity contribution in [1.82, 2.24) is 0 Å². The van der Waals surface area contributed by atoms with Crippen LogP contribution in [0.5, 0.6) is 0 Å². The summed E-state index contributed by atoms with van der Waals surface area (Å²) in [6.45, 7) is 1.99. The molecular formula is C15H12O2S2. The van der Waals surface area contributed by atoms with Gasteiger partial charge in [-0.05, 0) is 36.2 Å². The van der Waals surface area contributed by atoms with Crippen LogP contribution in [0.3, 0.4) is 0 Å². The largest absolute Gasteiger partial charge is 0.282 e. The molecule has 2 aromatic rings. The zero-order chi connectivity index (χ0) is 14.0. The highest BCUT2D eigenvalue weighted by Gasteiger charge is 2.12. The van der Waals surface area contributed by atoms with E-state index in [-0.39, 0.29) is 10.2 Å². The van der Waals surface area contributed by atoms with Gasteiger partial charge in [0.05, 0.1) is 0 Å². The zero-order valence-corrected chi connectivity index (χ0v) is 12.0. The molecule has 0 aliphatic carbocycles. The second kappa shape index (κ2) is 5.63. The molecule has 0 radical (unpaired) electrons. The molecule has 0 heterocycles. The first-order valence-electron chi connectivity index (χ1n) is 5.66. The average Bonchev–Trinajstić information content (AvgIpc) is 2.38. The van der Waals surface area contributed by atoms with Crippen LogP contribution in [0.25, 0.3) is 11.1 Å². The predicted molar refractivity (Wildman–Crippen MR) is 83.2 cm³/mol. The highest BCUT2D eigenvalue weighted by atomic mass is 32.1. The lowest BCUT2D eigenvalue weighted by molar-refractivity contribution is 0.108. The van der Waals surface area contributed by atoms with Crippen LogP contribution in [-0.2, 0) is 0 Å². The molecule has 4 heteroatoms. The normalized spacial score (nSPS) is 10.3. The minimum absolute atomic E-state index is 0.325. The maximum absolute atomic E-state index is 11.5. The maximum atomic E-state index is 11.5. The molecule has 0 amide bonds. The molecule has 0 saturated carbocycles. The van der Waals surface area contributed by atoms with Gasteiger partial charge in [-0.15, -0.1) is 25.3 Å². The minimum atomic E-state index is -0.327. The average molecular weight is 288 g/mol. The number of aryl methyl sites for hydroxylation is 1. The Morgan fingerprint density at radius 1 is 0.895 bits per heavy atom. The van der Waals surface area contributed by atoms with E-state index in [1.165, 1.54) is 0 Å². The number of hydrogen-bond acceptors (Lipinski definition) is 2. The van der Waals surface area contributed by atoms with Crippen molar-refractivity contribution < 1.29 is 9.59 Å². The summed E-state index contributed by atoms with van der Waals surface area (Å²) in [6, 6.07) is 12.6. The summed E-state index contributed by atoms with van der Waals surface area (Å²) >= 11 is 7.68. The number of thiol groups is 2. The number of rotatable bonds is 3. The van der Waals surface area contributed by atoms with E-state index < -0.39 is 0 Å². The molecule has 0 atom stereocenters. The van der Waals surface area contributed by atoms with Gasteiger partial charge in [0.25, 0.3) is 0 Å². The molecule has 0 aliphatic rings. The van der Waals surface area contributed by atoms with Crippen molar-refractivity contribution in [3.05, 3.63) is 59.2 Å². The first-order valence-corrected chi connectivity index (χ1v) is 6.56. The lowest BCUT2D eigenvalue weighted by Crippen LogP contribution is -1.98. The van der Waals surface area contributed by atoms with Crippen molar-refractivity contribution in [2.24, 2.45) is 0 Å². The van der Waals surface area contributed by atoms with Gasteiger partial charge in [0.15, 0.2) is 0 Å². The fraction of sp³-hybridized carbons (Fsp3) is 0.0667.